The SMILES string of the molecule is CCC(C)(C)C(=O)OC(C)(C)C12CC3CC(CC(C3)C1)C2.CCC(C)(C)C(=O)OC12CC3CC(CC(O)(C3)C1)C2.CCC1(OC(=O)C(C)(C)CC)CCCC1. The monoisotopic (exact) mass is 771 g/mol. The fourth-order valence-corrected chi connectivity index (χ4v) is 12.2. The fraction of sp³-hybridized carbons (Fsp3) is 0.938. The highest BCUT2D eigenvalue weighted by Gasteiger charge is 2.61. The van der Waals surface area contributed by atoms with Crippen molar-refractivity contribution in [2.75, 3.05) is 0 Å². The molecule has 0 aromatic rings. The molecule has 9 fully saturated rings. The van der Waals surface area contributed by atoms with Gasteiger partial charge < -0.3 is 19.3 Å². The summed E-state index contributed by atoms with van der Waals surface area (Å²) < 4.78 is 17.9. The van der Waals surface area contributed by atoms with Crippen molar-refractivity contribution >= 4 is 17.9 Å². The van der Waals surface area contributed by atoms with Gasteiger partial charge in [0.25, 0.3) is 0 Å². The average Bonchev–Trinajstić information content (AvgIpc) is 3.55. The highest BCUT2D eigenvalue weighted by Crippen LogP contribution is 2.64. The van der Waals surface area contributed by atoms with Gasteiger partial charge in [-0.25, -0.2) is 0 Å². The second-order valence-corrected chi connectivity index (χ2v) is 22.7. The highest BCUT2D eigenvalue weighted by atomic mass is 16.6. The van der Waals surface area contributed by atoms with E-state index < -0.39 is 11.0 Å². The molecule has 316 valence electrons. The minimum Gasteiger partial charge on any atom is -0.459 e. The average molecular weight is 771 g/mol. The number of hydrogen-bond acceptors (Lipinski definition) is 7. The van der Waals surface area contributed by atoms with Crippen LogP contribution in [0.15, 0.2) is 0 Å². The van der Waals surface area contributed by atoms with E-state index in [1.807, 2.05) is 55.4 Å². The first-order chi connectivity index (χ1) is 25.4. The van der Waals surface area contributed by atoms with Gasteiger partial charge in [-0.3, -0.25) is 14.4 Å². The zero-order valence-electron chi connectivity index (χ0n) is 37.4. The maximum absolute atomic E-state index is 12.6. The summed E-state index contributed by atoms with van der Waals surface area (Å²) in [4.78, 5) is 37.0. The van der Waals surface area contributed by atoms with E-state index in [4.69, 9.17) is 14.2 Å². The van der Waals surface area contributed by atoms with Crippen molar-refractivity contribution in [3.63, 3.8) is 0 Å². The van der Waals surface area contributed by atoms with Crippen LogP contribution >= 0.6 is 0 Å². The molecular weight excluding hydrogens is 689 g/mol. The summed E-state index contributed by atoms with van der Waals surface area (Å²) in [6.45, 7) is 24.5. The van der Waals surface area contributed by atoms with Gasteiger partial charge in [0.2, 0.25) is 0 Å². The Morgan fingerprint density at radius 1 is 0.564 bits per heavy atom. The van der Waals surface area contributed by atoms with E-state index in [1.54, 1.807) is 0 Å². The molecule has 0 spiro atoms. The largest absolute Gasteiger partial charge is 0.459 e. The Balaban J connectivity index is 0.000000161. The lowest BCUT2D eigenvalue weighted by molar-refractivity contribution is -0.225. The summed E-state index contributed by atoms with van der Waals surface area (Å²) >= 11 is 0. The van der Waals surface area contributed by atoms with E-state index >= 15 is 0 Å². The van der Waals surface area contributed by atoms with Gasteiger partial charge in [-0.05, 0) is 207 Å². The Labute approximate surface area is 335 Å². The van der Waals surface area contributed by atoms with Crippen molar-refractivity contribution < 1.29 is 33.7 Å². The quantitative estimate of drug-likeness (QED) is 0.165. The molecule has 9 aliphatic carbocycles. The number of ether oxygens (including phenoxy) is 3. The van der Waals surface area contributed by atoms with Crippen molar-refractivity contribution in [3.8, 4) is 0 Å². The molecule has 0 amide bonds. The molecule has 0 heterocycles. The van der Waals surface area contributed by atoms with Crippen molar-refractivity contribution in [1.82, 2.24) is 0 Å². The molecule has 9 rings (SSSR count). The van der Waals surface area contributed by atoms with Crippen LogP contribution in [0.4, 0.5) is 0 Å². The zero-order valence-corrected chi connectivity index (χ0v) is 37.4. The number of carbonyl (C=O) groups is 3. The molecular formula is C48H82O7. The van der Waals surface area contributed by atoms with Gasteiger partial charge in [-0.15, -0.1) is 0 Å². The lowest BCUT2D eigenvalue weighted by Gasteiger charge is -2.61. The molecule has 9 saturated carbocycles. The van der Waals surface area contributed by atoms with Crippen LogP contribution < -0.4 is 0 Å². The zero-order chi connectivity index (χ0) is 40.9. The molecule has 9 aliphatic rings. The van der Waals surface area contributed by atoms with E-state index in [0.29, 0.717) is 18.3 Å². The van der Waals surface area contributed by atoms with Crippen LogP contribution in [0.1, 0.15) is 212 Å². The third-order valence-electron chi connectivity index (χ3n) is 16.7. The molecule has 7 heteroatoms. The van der Waals surface area contributed by atoms with Gasteiger partial charge in [0.05, 0.1) is 21.8 Å². The third kappa shape index (κ3) is 9.48. The molecule has 0 aliphatic heterocycles. The van der Waals surface area contributed by atoms with Crippen LogP contribution in [0.3, 0.4) is 0 Å². The lowest BCUT2D eigenvalue weighted by Crippen LogP contribution is -2.61. The first-order valence-electron chi connectivity index (χ1n) is 22.8. The standard InChI is InChI=1S/C19H32O2.C16H26O3.C13H24O2/c1-6-17(2,3)16(20)21-18(4,5)19-10-13-7-14(11-19)9-15(8-13)12-19;1-4-14(2,3)13(17)19-16-8-11-5-12(9-16)7-15(18,6-11)10-16;1-5-12(3,4)11(14)15-13(6-2)9-7-8-10-13/h13-15H,6-12H2,1-5H3;11-12,18H,4-10H2,1-3H3;5-10H2,1-4H3. The van der Waals surface area contributed by atoms with Gasteiger partial charge in [-0.2, -0.15) is 0 Å². The molecule has 7 nitrogen and oxygen atoms in total. The molecule has 0 aromatic heterocycles. The summed E-state index contributed by atoms with van der Waals surface area (Å²) in [7, 11) is 0. The van der Waals surface area contributed by atoms with Gasteiger partial charge >= 0.3 is 17.9 Å². The van der Waals surface area contributed by atoms with Crippen LogP contribution in [0.5, 0.6) is 0 Å². The van der Waals surface area contributed by atoms with Crippen LogP contribution in [-0.2, 0) is 28.6 Å². The minimum absolute atomic E-state index is 0.00857. The number of rotatable bonds is 11. The fourth-order valence-electron chi connectivity index (χ4n) is 12.2. The maximum atomic E-state index is 12.6. The molecule has 2 atom stereocenters. The summed E-state index contributed by atoms with van der Waals surface area (Å²) in [6, 6.07) is 0. The normalized spacial score (nSPS) is 35.6. The molecule has 0 aromatic carbocycles. The Morgan fingerprint density at radius 2 is 0.964 bits per heavy atom. The molecule has 1 N–H and O–H groups in total. The first kappa shape index (κ1) is 44.5. The summed E-state index contributed by atoms with van der Waals surface area (Å²) in [5.74, 6) is 3.70. The predicted molar refractivity (Wildman–Crippen MR) is 219 cm³/mol. The van der Waals surface area contributed by atoms with Gasteiger partial charge in [0.1, 0.15) is 16.8 Å². The Bertz CT molecular complexity index is 1330. The molecule has 55 heavy (non-hydrogen) atoms. The van der Waals surface area contributed by atoms with Gasteiger partial charge in [-0.1, -0.05) is 27.7 Å². The first-order valence-corrected chi connectivity index (χ1v) is 22.8. The molecule has 8 bridgehead atoms. The predicted octanol–water partition coefficient (Wildman–Crippen LogP) is 11.7. The lowest BCUT2D eigenvalue weighted by atomic mass is 9.46. The number of aliphatic hydroxyl groups is 1. The van der Waals surface area contributed by atoms with Crippen LogP contribution in [0.2, 0.25) is 0 Å². The van der Waals surface area contributed by atoms with E-state index in [0.717, 1.165) is 82.0 Å². The van der Waals surface area contributed by atoms with E-state index in [1.165, 1.54) is 57.8 Å². The van der Waals surface area contributed by atoms with E-state index in [2.05, 4.69) is 27.7 Å². The van der Waals surface area contributed by atoms with Crippen LogP contribution in [0, 0.1) is 51.2 Å². The Morgan fingerprint density at radius 3 is 1.36 bits per heavy atom. The van der Waals surface area contributed by atoms with Crippen molar-refractivity contribution in [2.24, 2.45) is 51.2 Å². The smallest absolute Gasteiger partial charge is 0.312 e. The van der Waals surface area contributed by atoms with Crippen LogP contribution in [-0.4, -0.2) is 45.4 Å². The molecule has 0 saturated heterocycles. The second kappa shape index (κ2) is 15.9. The number of carbonyl (C=O) groups excluding carboxylic acids is 3. The molecule has 2 unspecified atom stereocenters. The van der Waals surface area contributed by atoms with Gasteiger partial charge in [0, 0.05) is 11.8 Å². The molecule has 0 radical (unpaired) electrons. The van der Waals surface area contributed by atoms with Crippen molar-refractivity contribution in [1.29, 1.82) is 0 Å². The number of esters is 3. The topological polar surface area (TPSA) is 99.1 Å². The van der Waals surface area contributed by atoms with E-state index in [-0.39, 0.29) is 51.0 Å². The van der Waals surface area contributed by atoms with E-state index in [9.17, 15) is 19.5 Å². The van der Waals surface area contributed by atoms with Crippen molar-refractivity contribution in [2.45, 2.75) is 234 Å². The maximum Gasteiger partial charge on any atom is 0.312 e. The van der Waals surface area contributed by atoms with Crippen molar-refractivity contribution in [3.05, 3.63) is 0 Å². The Hall–Kier alpha value is -1.63. The number of hydrogen-bond donors (Lipinski definition) is 1. The summed E-state index contributed by atoms with van der Waals surface area (Å²) in [5, 5.41) is 10.6. The minimum atomic E-state index is -0.555. The van der Waals surface area contributed by atoms with Gasteiger partial charge in [0.15, 0.2) is 0 Å². The second-order valence-electron chi connectivity index (χ2n) is 22.7. The summed E-state index contributed by atoms with van der Waals surface area (Å²) in [6.07, 6.45) is 21.7. The third-order valence-corrected chi connectivity index (χ3v) is 16.7. The Kier molecular flexibility index (Phi) is 12.8. The highest BCUT2D eigenvalue weighted by molar-refractivity contribution is 5.77. The van der Waals surface area contributed by atoms with Crippen LogP contribution in [0.25, 0.3) is 0 Å². The summed E-state index contributed by atoms with van der Waals surface area (Å²) in [5.41, 5.74) is -2.21.